The Balaban J connectivity index is 1.91. The van der Waals surface area contributed by atoms with Gasteiger partial charge in [0.25, 0.3) is 5.91 Å². The normalized spacial score (nSPS) is 10.3. The van der Waals surface area contributed by atoms with Crippen molar-refractivity contribution < 1.29 is 9.53 Å². The summed E-state index contributed by atoms with van der Waals surface area (Å²) in [4.78, 5) is 16.4. The first-order valence-corrected chi connectivity index (χ1v) is 7.26. The molecule has 1 heterocycles. The number of nitrogens with zero attached hydrogens (tertiary/aromatic N) is 1. The third-order valence-electron chi connectivity index (χ3n) is 3.25. The van der Waals surface area contributed by atoms with Crippen LogP contribution in [0.5, 0.6) is 0 Å². The molecule has 5 heteroatoms. The average molecular weight is 299 g/mol. The van der Waals surface area contributed by atoms with Gasteiger partial charge in [-0.3, -0.25) is 4.79 Å². The summed E-state index contributed by atoms with van der Waals surface area (Å²) in [6.07, 6.45) is 2.64. The van der Waals surface area contributed by atoms with E-state index < -0.39 is 0 Å². The molecule has 5 nitrogen and oxygen atoms in total. The second kappa shape index (κ2) is 8.14. The fraction of sp³-hybridized carbons (Fsp3) is 0.294. The predicted molar refractivity (Wildman–Crippen MR) is 88.4 cm³/mol. The first-order chi connectivity index (χ1) is 10.7. The number of carbonyl (C=O) groups is 1. The zero-order valence-corrected chi connectivity index (χ0v) is 12.9. The maximum Gasteiger partial charge on any atom is 0.257 e. The number of anilines is 2. The Labute approximate surface area is 130 Å². The van der Waals surface area contributed by atoms with Crippen molar-refractivity contribution in [2.45, 2.75) is 13.3 Å². The first-order valence-electron chi connectivity index (χ1n) is 7.26. The van der Waals surface area contributed by atoms with Crippen LogP contribution in [-0.4, -0.2) is 31.2 Å². The molecule has 1 aromatic heterocycles. The minimum Gasteiger partial charge on any atom is -0.385 e. The maximum atomic E-state index is 12.2. The molecule has 0 saturated heterocycles. The van der Waals surface area contributed by atoms with E-state index >= 15 is 0 Å². The molecule has 0 atom stereocenters. The summed E-state index contributed by atoms with van der Waals surface area (Å²) in [5.41, 5.74) is 2.52. The van der Waals surface area contributed by atoms with Crippen LogP contribution in [0.15, 0.2) is 42.6 Å². The lowest BCUT2D eigenvalue weighted by molar-refractivity contribution is 0.102. The Hall–Kier alpha value is -2.40. The number of amides is 1. The number of aromatic nitrogens is 1. The molecule has 0 radical (unpaired) electrons. The van der Waals surface area contributed by atoms with Crippen LogP contribution in [0, 0.1) is 6.92 Å². The fourth-order valence-electron chi connectivity index (χ4n) is 2.03. The van der Waals surface area contributed by atoms with E-state index in [1.165, 1.54) is 0 Å². The fourth-order valence-corrected chi connectivity index (χ4v) is 2.03. The van der Waals surface area contributed by atoms with Crippen molar-refractivity contribution in [3.05, 3.63) is 53.7 Å². The van der Waals surface area contributed by atoms with E-state index in [1.54, 1.807) is 25.4 Å². The third kappa shape index (κ3) is 4.56. The van der Waals surface area contributed by atoms with Gasteiger partial charge in [0, 0.05) is 25.8 Å². The number of pyridine rings is 1. The smallest absolute Gasteiger partial charge is 0.257 e. The van der Waals surface area contributed by atoms with Crippen molar-refractivity contribution in [2.24, 2.45) is 0 Å². The summed E-state index contributed by atoms with van der Waals surface area (Å²) in [5, 5.41) is 6.05. The second-order valence-electron chi connectivity index (χ2n) is 4.97. The van der Waals surface area contributed by atoms with Crippen LogP contribution in [0.1, 0.15) is 22.3 Å². The lowest BCUT2D eigenvalue weighted by atomic mass is 10.1. The monoisotopic (exact) mass is 299 g/mol. The Morgan fingerprint density at radius 3 is 2.73 bits per heavy atom. The molecule has 2 aromatic rings. The quantitative estimate of drug-likeness (QED) is 0.771. The number of methoxy groups -OCH3 is 1. The van der Waals surface area contributed by atoms with E-state index in [9.17, 15) is 4.79 Å². The number of rotatable bonds is 7. The van der Waals surface area contributed by atoms with Gasteiger partial charge in [0.15, 0.2) is 0 Å². The molecule has 1 amide bonds. The lowest BCUT2D eigenvalue weighted by Gasteiger charge is -2.09. The summed E-state index contributed by atoms with van der Waals surface area (Å²) >= 11 is 0. The third-order valence-corrected chi connectivity index (χ3v) is 3.25. The van der Waals surface area contributed by atoms with Crippen molar-refractivity contribution in [3.8, 4) is 0 Å². The molecule has 116 valence electrons. The molecule has 0 aliphatic heterocycles. The molecule has 0 fully saturated rings. The zero-order chi connectivity index (χ0) is 15.8. The van der Waals surface area contributed by atoms with E-state index in [1.807, 2.05) is 31.2 Å². The second-order valence-corrected chi connectivity index (χ2v) is 4.97. The van der Waals surface area contributed by atoms with Gasteiger partial charge in [-0.2, -0.15) is 0 Å². The summed E-state index contributed by atoms with van der Waals surface area (Å²) < 4.78 is 4.99. The molecule has 0 saturated carbocycles. The van der Waals surface area contributed by atoms with E-state index in [0.29, 0.717) is 11.4 Å². The van der Waals surface area contributed by atoms with Gasteiger partial charge >= 0.3 is 0 Å². The Bertz CT molecular complexity index is 612. The van der Waals surface area contributed by atoms with Gasteiger partial charge in [-0.25, -0.2) is 4.98 Å². The first kappa shape index (κ1) is 16.0. The average Bonchev–Trinajstić information content (AvgIpc) is 2.53. The highest BCUT2D eigenvalue weighted by Gasteiger charge is 2.08. The largest absolute Gasteiger partial charge is 0.385 e. The minimum absolute atomic E-state index is 0.147. The van der Waals surface area contributed by atoms with E-state index in [4.69, 9.17) is 4.74 Å². The summed E-state index contributed by atoms with van der Waals surface area (Å²) in [6, 6.07) is 11.2. The topological polar surface area (TPSA) is 63.2 Å². The molecule has 2 rings (SSSR count). The van der Waals surface area contributed by atoms with Crippen LogP contribution in [-0.2, 0) is 4.74 Å². The number of hydrogen-bond acceptors (Lipinski definition) is 4. The zero-order valence-electron chi connectivity index (χ0n) is 12.9. The molecule has 0 bridgehead atoms. The molecule has 0 spiro atoms. The summed E-state index contributed by atoms with van der Waals surface area (Å²) in [6.45, 7) is 3.46. The van der Waals surface area contributed by atoms with Crippen LogP contribution < -0.4 is 10.6 Å². The molecular formula is C17H21N3O2. The van der Waals surface area contributed by atoms with Crippen molar-refractivity contribution in [1.29, 1.82) is 0 Å². The molecule has 1 aromatic carbocycles. The highest BCUT2D eigenvalue weighted by molar-refractivity contribution is 6.04. The Kier molecular flexibility index (Phi) is 5.91. The highest BCUT2D eigenvalue weighted by Crippen LogP contribution is 2.13. The number of hydrogen-bond donors (Lipinski definition) is 2. The minimum atomic E-state index is -0.147. The van der Waals surface area contributed by atoms with E-state index in [2.05, 4.69) is 15.6 Å². The van der Waals surface area contributed by atoms with Gasteiger partial charge in [0.2, 0.25) is 0 Å². The molecule has 2 N–H and O–H groups in total. The van der Waals surface area contributed by atoms with Crippen LogP contribution >= 0.6 is 0 Å². The van der Waals surface area contributed by atoms with Gasteiger partial charge in [-0.15, -0.1) is 0 Å². The maximum absolute atomic E-state index is 12.2. The SMILES string of the molecule is COCCCNc1ccc(NC(=O)c2ccccc2C)nc1. The number of nitrogens with one attached hydrogen (secondary N) is 2. The number of carbonyl (C=O) groups excluding carboxylic acids is 1. The van der Waals surface area contributed by atoms with Crippen molar-refractivity contribution in [3.63, 3.8) is 0 Å². The van der Waals surface area contributed by atoms with Crippen LogP contribution in [0.2, 0.25) is 0 Å². The summed E-state index contributed by atoms with van der Waals surface area (Å²) in [7, 11) is 1.69. The van der Waals surface area contributed by atoms with Gasteiger partial charge in [-0.05, 0) is 37.1 Å². The van der Waals surface area contributed by atoms with E-state index in [-0.39, 0.29) is 5.91 Å². The number of benzene rings is 1. The van der Waals surface area contributed by atoms with Gasteiger partial charge < -0.3 is 15.4 Å². The van der Waals surface area contributed by atoms with Gasteiger partial charge in [0.1, 0.15) is 5.82 Å². The van der Waals surface area contributed by atoms with Crippen LogP contribution in [0.3, 0.4) is 0 Å². The van der Waals surface area contributed by atoms with Crippen molar-refractivity contribution in [1.82, 2.24) is 4.98 Å². The van der Waals surface area contributed by atoms with Crippen molar-refractivity contribution >= 4 is 17.4 Å². The lowest BCUT2D eigenvalue weighted by Crippen LogP contribution is -2.14. The number of aryl methyl sites for hydroxylation is 1. The molecule has 0 unspecified atom stereocenters. The highest BCUT2D eigenvalue weighted by atomic mass is 16.5. The molecule has 0 aliphatic carbocycles. The molecule has 22 heavy (non-hydrogen) atoms. The summed E-state index contributed by atoms with van der Waals surface area (Å²) in [5.74, 6) is 0.391. The molecule has 0 aliphatic rings. The molecular weight excluding hydrogens is 278 g/mol. The Morgan fingerprint density at radius 2 is 2.05 bits per heavy atom. The van der Waals surface area contributed by atoms with Crippen LogP contribution in [0.4, 0.5) is 11.5 Å². The van der Waals surface area contributed by atoms with Crippen molar-refractivity contribution in [2.75, 3.05) is 30.9 Å². The Morgan fingerprint density at radius 1 is 1.23 bits per heavy atom. The van der Waals surface area contributed by atoms with E-state index in [0.717, 1.165) is 30.8 Å². The number of ether oxygens (including phenoxy) is 1. The standard InChI is InChI=1S/C17H21N3O2/c1-13-6-3-4-7-15(13)17(21)20-16-9-8-14(12-19-16)18-10-5-11-22-2/h3-4,6-9,12,18H,5,10-11H2,1-2H3,(H,19,20,21). The van der Waals surface area contributed by atoms with Gasteiger partial charge in [-0.1, -0.05) is 18.2 Å². The van der Waals surface area contributed by atoms with Crippen LogP contribution in [0.25, 0.3) is 0 Å². The van der Waals surface area contributed by atoms with Gasteiger partial charge in [0.05, 0.1) is 11.9 Å². The predicted octanol–water partition coefficient (Wildman–Crippen LogP) is 3.09.